The van der Waals surface area contributed by atoms with Crippen LogP contribution in [0.15, 0.2) is 42.5 Å². The number of carbonyl (C=O) groups is 2. The molecule has 0 aliphatic heterocycles. The molecule has 0 spiro atoms. The zero-order chi connectivity index (χ0) is 16.3. The second-order valence-electron chi connectivity index (χ2n) is 4.74. The molecule has 1 unspecified atom stereocenters. The zero-order valence-corrected chi connectivity index (χ0v) is 11.6. The first-order valence-electron chi connectivity index (χ1n) is 6.45. The number of amides is 2. The molecule has 2 aromatic rings. The predicted octanol–water partition coefficient (Wildman–Crippen LogP) is 2.85. The second-order valence-corrected chi connectivity index (χ2v) is 4.74. The van der Waals surface area contributed by atoms with E-state index in [1.807, 2.05) is 24.3 Å². The summed E-state index contributed by atoms with van der Waals surface area (Å²) in [5.74, 6) is -2.87. The third-order valence-corrected chi connectivity index (χ3v) is 3.02. The Morgan fingerprint density at radius 2 is 1.68 bits per heavy atom. The molecule has 7 heteroatoms. The van der Waals surface area contributed by atoms with Gasteiger partial charge in [-0.15, -0.1) is 0 Å². The van der Waals surface area contributed by atoms with E-state index in [-0.39, 0.29) is 0 Å². The largest absolute Gasteiger partial charge is 0.471 e. The number of fused-ring (bicyclic) bond motifs is 1. The molecule has 0 saturated carbocycles. The maximum Gasteiger partial charge on any atom is 0.471 e. The zero-order valence-electron chi connectivity index (χ0n) is 11.6. The average molecular weight is 310 g/mol. The molecule has 0 radical (unpaired) electrons. The maximum absolute atomic E-state index is 12.1. The summed E-state index contributed by atoms with van der Waals surface area (Å²) < 4.78 is 36.4. The summed E-state index contributed by atoms with van der Waals surface area (Å²) in [6, 6.07) is 11.3. The Morgan fingerprint density at radius 3 is 2.32 bits per heavy atom. The van der Waals surface area contributed by atoms with Gasteiger partial charge in [-0.05, 0) is 29.8 Å². The Hall–Kier alpha value is -2.57. The Balaban J connectivity index is 2.05. The number of nitrogens with one attached hydrogen (secondary N) is 2. The SMILES string of the molecule is CC(NC(=O)C(F)(F)F)C(=O)Nc1ccc2ccccc2c1. The van der Waals surface area contributed by atoms with Crippen LogP contribution in [0.2, 0.25) is 0 Å². The van der Waals surface area contributed by atoms with Crippen LogP contribution in [0.25, 0.3) is 10.8 Å². The molecule has 1 atom stereocenters. The number of benzene rings is 2. The van der Waals surface area contributed by atoms with Gasteiger partial charge in [-0.25, -0.2) is 0 Å². The average Bonchev–Trinajstić information content (AvgIpc) is 2.46. The quantitative estimate of drug-likeness (QED) is 0.916. The summed E-state index contributed by atoms with van der Waals surface area (Å²) in [7, 11) is 0. The van der Waals surface area contributed by atoms with Gasteiger partial charge in [0.25, 0.3) is 0 Å². The van der Waals surface area contributed by atoms with Crippen LogP contribution in [0.3, 0.4) is 0 Å². The number of alkyl halides is 3. The van der Waals surface area contributed by atoms with Crippen LogP contribution >= 0.6 is 0 Å². The second kappa shape index (κ2) is 6.05. The summed E-state index contributed by atoms with van der Waals surface area (Å²) in [4.78, 5) is 22.6. The molecule has 4 nitrogen and oxygen atoms in total. The number of hydrogen-bond donors (Lipinski definition) is 2. The first-order valence-corrected chi connectivity index (χ1v) is 6.45. The van der Waals surface area contributed by atoms with E-state index in [0.29, 0.717) is 5.69 Å². The van der Waals surface area contributed by atoms with Crippen molar-refractivity contribution < 1.29 is 22.8 Å². The maximum atomic E-state index is 12.1. The molecule has 0 fully saturated rings. The van der Waals surface area contributed by atoms with E-state index in [2.05, 4.69) is 5.32 Å². The van der Waals surface area contributed by atoms with E-state index < -0.39 is 24.0 Å². The fourth-order valence-corrected chi connectivity index (χ4v) is 1.86. The molecule has 2 amide bonds. The lowest BCUT2D eigenvalue weighted by Gasteiger charge is -2.15. The molecule has 0 aliphatic rings. The van der Waals surface area contributed by atoms with Gasteiger partial charge in [0.15, 0.2) is 0 Å². The summed E-state index contributed by atoms with van der Waals surface area (Å²) >= 11 is 0. The molecule has 116 valence electrons. The topological polar surface area (TPSA) is 58.2 Å². The van der Waals surface area contributed by atoms with Crippen molar-refractivity contribution in [3.63, 3.8) is 0 Å². The molecule has 22 heavy (non-hydrogen) atoms. The van der Waals surface area contributed by atoms with Gasteiger partial charge in [-0.2, -0.15) is 13.2 Å². The first-order chi connectivity index (χ1) is 10.3. The molecule has 0 bridgehead atoms. The number of anilines is 1. The van der Waals surface area contributed by atoms with Crippen LogP contribution in [0.4, 0.5) is 18.9 Å². The van der Waals surface area contributed by atoms with Crippen molar-refractivity contribution in [2.75, 3.05) is 5.32 Å². The Labute approximate surface area is 124 Å². The van der Waals surface area contributed by atoms with Crippen molar-refractivity contribution in [2.45, 2.75) is 19.1 Å². The van der Waals surface area contributed by atoms with Gasteiger partial charge in [0.05, 0.1) is 0 Å². The molecule has 0 aliphatic carbocycles. The van der Waals surface area contributed by atoms with Gasteiger partial charge in [0.1, 0.15) is 6.04 Å². The standard InChI is InChI=1S/C15H13F3N2O2/c1-9(19-14(22)15(16,17)18)13(21)20-12-7-6-10-4-2-3-5-11(10)8-12/h2-9H,1H3,(H,19,22)(H,20,21). The number of rotatable bonds is 3. The smallest absolute Gasteiger partial charge is 0.337 e. The van der Waals surface area contributed by atoms with Gasteiger partial charge in [0.2, 0.25) is 5.91 Å². The predicted molar refractivity (Wildman–Crippen MR) is 76.2 cm³/mol. The summed E-state index contributed by atoms with van der Waals surface area (Å²) in [6.45, 7) is 1.18. The van der Waals surface area contributed by atoms with Crippen LogP contribution in [-0.4, -0.2) is 24.0 Å². The molecular formula is C15H13F3N2O2. The highest BCUT2D eigenvalue weighted by atomic mass is 19.4. The van der Waals surface area contributed by atoms with E-state index in [0.717, 1.165) is 10.8 Å². The van der Waals surface area contributed by atoms with Crippen molar-refractivity contribution in [3.05, 3.63) is 42.5 Å². The third-order valence-electron chi connectivity index (χ3n) is 3.02. The molecule has 2 aromatic carbocycles. The molecule has 0 saturated heterocycles. The van der Waals surface area contributed by atoms with E-state index in [4.69, 9.17) is 0 Å². The lowest BCUT2D eigenvalue weighted by molar-refractivity contribution is -0.174. The van der Waals surface area contributed by atoms with E-state index >= 15 is 0 Å². The summed E-state index contributed by atoms with van der Waals surface area (Å²) in [5.41, 5.74) is 0.441. The van der Waals surface area contributed by atoms with Gasteiger partial charge in [0, 0.05) is 5.69 Å². The van der Waals surface area contributed by atoms with Crippen molar-refractivity contribution in [1.29, 1.82) is 0 Å². The summed E-state index contributed by atoms with van der Waals surface area (Å²) in [5, 5.41) is 5.92. The first kappa shape index (κ1) is 15.8. The van der Waals surface area contributed by atoms with E-state index in [1.54, 1.807) is 23.5 Å². The van der Waals surface area contributed by atoms with Crippen LogP contribution in [-0.2, 0) is 9.59 Å². The number of halogens is 3. The highest BCUT2D eigenvalue weighted by Crippen LogP contribution is 2.19. The minimum atomic E-state index is -5.02. The third kappa shape index (κ3) is 3.75. The Kier molecular flexibility index (Phi) is 4.35. The van der Waals surface area contributed by atoms with E-state index in [1.165, 1.54) is 6.92 Å². The fourth-order valence-electron chi connectivity index (χ4n) is 1.86. The minimum absolute atomic E-state index is 0.441. The van der Waals surface area contributed by atoms with Gasteiger partial charge in [-0.1, -0.05) is 30.3 Å². The Morgan fingerprint density at radius 1 is 1.05 bits per heavy atom. The minimum Gasteiger partial charge on any atom is -0.337 e. The molecule has 2 N–H and O–H groups in total. The number of hydrogen-bond acceptors (Lipinski definition) is 2. The van der Waals surface area contributed by atoms with Crippen LogP contribution in [0.1, 0.15) is 6.92 Å². The highest BCUT2D eigenvalue weighted by molar-refractivity contribution is 5.99. The van der Waals surface area contributed by atoms with Crippen molar-refractivity contribution >= 4 is 28.3 Å². The van der Waals surface area contributed by atoms with Crippen LogP contribution in [0, 0.1) is 0 Å². The molecule has 0 heterocycles. The molecule has 2 rings (SSSR count). The van der Waals surface area contributed by atoms with Gasteiger partial charge < -0.3 is 10.6 Å². The lowest BCUT2D eigenvalue weighted by Crippen LogP contribution is -2.47. The lowest BCUT2D eigenvalue weighted by atomic mass is 10.1. The van der Waals surface area contributed by atoms with Crippen molar-refractivity contribution in [1.82, 2.24) is 5.32 Å². The van der Waals surface area contributed by atoms with Crippen molar-refractivity contribution in [2.24, 2.45) is 0 Å². The number of carbonyl (C=O) groups excluding carboxylic acids is 2. The molecular weight excluding hydrogens is 297 g/mol. The van der Waals surface area contributed by atoms with Crippen LogP contribution < -0.4 is 10.6 Å². The normalized spacial score (nSPS) is 12.7. The summed E-state index contributed by atoms with van der Waals surface area (Å²) in [6.07, 6.45) is -5.02. The van der Waals surface area contributed by atoms with Crippen LogP contribution in [0.5, 0.6) is 0 Å². The fraction of sp³-hybridized carbons (Fsp3) is 0.200. The van der Waals surface area contributed by atoms with Gasteiger partial charge in [-0.3, -0.25) is 9.59 Å². The monoisotopic (exact) mass is 310 g/mol. The highest BCUT2D eigenvalue weighted by Gasteiger charge is 2.39. The van der Waals surface area contributed by atoms with Crippen molar-refractivity contribution in [3.8, 4) is 0 Å². The Bertz CT molecular complexity index is 713. The van der Waals surface area contributed by atoms with E-state index in [9.17, 15) is 22.8 Å². The molecule has 0 aromatic heterocycles. The van der Waals surface area contributed by atoms with Gasteiger partial charge >= 0.3 is 12.1 Å².